The SMILES string of the molecule is CCCC(C)C(C)N(C)C(C)(C)C. The summed E-state index contributed by atoms with van der Waals surface area (Å²) < 4.78 is 0. The molecule has 0 rings (SSSR count). The maximum Gasteiger partial charge on any atom is 0.0124 e. The normalized spacial score (nSPS) is 17.5. The highest BCUT2D eigenvalue weighted by Gasteiger charge is 2.25. The van der Waals surface area contributed by atoms with Crippen molar-refractivity contribution < 1.29 is 0 Å². The predicted molar refractivity (Wildman–Crippen MR) is 61.1 cm³/mol. The first-order chi connectivity index (χ1) is 5.80. The van der Waals surface area contributed by atoms with Crippen LogP contribution in [0.25, 0.3) is 0 Å². The molecule has 0 heterocycles. The van der Waals surface area contributed by atoms with Gasteiger partial charge < -0.3 is 0 Å². The van der Waals surface area contributed by atoms with Crippen LogP contribution in [0.2, 0.25) is 0 Å². The maximum atomic E-state index is 2.48. The van der Waals surface area contributed by atoms with Gasteiger partial charge in [-0.05, 0) is 47.1 Å². The fraction of sp³-hybridized carbons (Fsp3) is 1.00. The number of rotatable bonds is 4. The lowest BCUT2D eigenvalue weighted by Crippen LogP contribution is -2.46. The molecule has 0 aliphatic carbocycles. The first-order valence-corrected chi connectivity index (χ1v) is 5.53. The molecule has 1 nitrogen and oxygen atoms in total. The topological polar surface area (TPSA) is 3.24 Å². The largest absolute Gasteiger partial charge is 0.299 e. The van der Waals surface area contributed by atoms with E-state index in [1.54, 1.807) is 0 Å². The van der Waals surface area contributed by atoms with Gasteiger partial charge in [0.1, 0.15) is 0 Å². The minimum Gasteiger partial charge on any atom is -0.299 e. The fourth-order valence-electron chi connectivity index (χ4n) is 1.69. The van der Waals surface area contributed by atoms with Crippen LogP contribution in [0.15, 0.2) is 0 Å². The minimum atomic E-state index is 0.293. The van der Waals surface area contributed by atoms with Crippen molar-refractivity contribution in [1.82, 2.24) is 4.90 Å². The Morgan fingerprint density at radius 3 is 1.92 bits per heavy atom. The molecule has 0 aromatic rings. The van der Waals surface area contributed by atoms with Gasteiger partial charge in [0.2, 0.25) is 0 Å². The lowest BCUT2D eigenvalue weighted by Gasteiger charge is -2.39. The molecule has 0 aromatic heterocycles. The first-order valence-electron chi connectivity index (χ1n) is 5.53. The van der Waals surface area contributed by atoms with E-state index in [4.69, 9.17) is 0 Å². The molecular weight excluding hydrogens is 158 g/mol. The number of hydrogen-bond donors (Lipinski definition) is 0. The lowest BCUT2D eigenvalue weighted by molar-refractivity contribution is 0.0907. The van der Waals surface area contributed by atoms with Crippen molar-refractivity contribution in [1.29, 1.82) is 0 Å². The molecular formula is C12H27N. The molecule has 0 N–H and O–H groups in total. The molecule has 0 saturated heterocycles. The first kappa shape index (κ1) is 13.0. The molecule has 1 heteroatoms. The van der Waals surface area contributed by atoms with Gasteiger partial charge in [-0.2, -0.15) is 0 Å². The van der Waals surface area contributed by atoms with Crippen molar-refractivity contribution in [3.05, 3.63) is 0 Å². The number of nitrogens with zero attached hydrogens (tertiary/aromatic N) is 1. The molecule has 2 unspecified atom stereocenters. The third-order valence-corrected chi connectivity index (χ3v) is 3.24. The maximum absolute atomic E-state index is 2.48. The molecule has 0 amide bonds. The van der Waals surface area contributed by atoms with E-state index in [9.17, 15) is 0 Å². The van der Waals surface area contributed by atoms with E-state index in [1.807, 2.05) is 0 Å². The quantitative estimate of drug-likeness (QED) is 0.647. The second-order valence-corrected chi connectivity index (χ2v) is 5.29. The average Bonchev–Trinajstić information content (AvgIpc) is 2.00. The molecule has 0 radical (unpaired) electrons. The van der Waals surface area contributed by atoms with Crippen molar-refractivity contribution in [2.75, 3.05) is 7.05 Å². The van der Waals surface area contributed by atoms with Crippen molar-refractivity contribution in [2.24, 2.45) is 5.92 Å². The summed E-state index contributed by atoms with van der Waals surface area (Å²) in [6.07, 6.45) is 2.63. The molecule has 2 atom stereocenters. The van der Waals surface area contributed by atoms with E-state index in [2.05, 4.69) is 53.5 Å². The van der Waals surface area contributed by atoms with Crippen molar-refractivity contribution in [2.45, 2.75) is 66.0 Å². The Morgan fingerprint density at radius 2 is 1.62 bits per heavy atom. The van der Waals surface area contributed by atoms with Crippen LogP contribution in [0.1, 0.15) is 54.4 Å². The van der Waals surface area contributed by atoms with E-state index in [1.165, 1.54) is 12.8 Å². The molecule has 0 aliphatic rings. The molecule has 80 valence electrons. The number of hydrogen-bond acceptors (Lipinski definition) is 1. The van der Waals surface area contributed by atoms with Crippen LogP contribution in [0.3, 0.4) is 0 Å². The molecule has 0 bridgehead atoms. The minimum absolute atomic E-state index is 0.293. The Bertz CT molecular complexity index is 135. The third kappa shape index (κ3) is 4.12. The monoisotopic (exact) mass is 185 g/mol. The van der Waals surface area contributed by atoms with Crippen LogP contribution >= 0.6 is 0 Å². The van der Waals surface area contributed by atoms with E-state index in [0.717, 1.165) is 5.92 Å². The highest BCUT2D eigenvalue weighted by atomic mass is 15.2. The van der Waals surface area contributed by atoms with Gasteiger partial charge in [0.05, 0.1) is 0 Å². The zero-order valence-electron chi connectivity index (χ0n) is 10.5. The van der Waals surface area contributed by atoms with Gasteiger partial charge in [-0.1, -0.05) is 20.3 Å². The van der Waals surface area contributed by atoms with Crippen LogP contribution in [0.4, 0.5) is 0 Å². The second kappa shape index (κ2) is 4.99. The molecule has 0 spiro atoms. The molecule has 0 aromatic carbocycles. The Kier molecular flexibility index (Phi) is 4.98. The highest BCUT2D eigenvalue weighted by Crippen LogP contribution is 2.21. The lowest BCUT2D eigenvalue weighted by atomic mass is 9.93. The summed E-state index contributed by atoms with van der Waals surface area (Å²) in [5.74, 6) is 0.800. The van der Waals surface area contributed by atoms with Crippen LogP contribution in [0.5, 0.6) is 0 Å². The smallest absolute Gasteiger partial charge is 0.0124 e. The second-order valence-electron chi connectivity index (χ2n) is 5.29. The standard InChI is InChI=1S/C12H27N/c1-8-9-10(2)11(3)13(7)12(4,5)6/h10-11H,8-9H2,1-7H3. The zero-order valence-corrected chi connectivity index (χ0v) is 10.5. The Morgan fingerprint density at radius 1 is 1.15 bits per heavy atom. The third-order valence-electron chi connectivity index (χ3n) is 3.24. The Hall–Kier alpha value is -0.0400. The Balaban J connectivity index is 4.16. The molecule has 13 heavy (non-hydrogen) atoms. The molecule has 0 saturated carbocycles. The van der Waals surface area contributed by atoms with Crippen LogP contribution in [-0.2, 0) is 0 Å². The molecule has 0 aliphatic heterocycles. The summed E-state index contributed by atoms with van der Waals surface area (Å²) in [4.78, 5) is 2.48. The fourth-order valence-corrected chi connectivity index (χ4v) is 1.69. The van der Waals surface area contributed by atoms with Gasteiger partial charge in [0.15, 0.2) is 0 Å². The van der Waals surface area contributed by atoms with Crippen LogP contribution in [0, 0.1) is 5.92 Å². The van der Waals surface area contributed by atoms with E-state index >= 15 is 0 Å². The van der Waals surface area contributed by atoms with E-state index in [0.29, 0.717) is 11.6 Å². The zero-order chi connectivity index (χ0) is 10.6. The van der Waals surface area contributed by atoms with Gasteiger partial charge in [-0.15, -0.1) is 0 Å². The summed E-state index contributed by atoms with van der Waals surface area (Å²) in [7, 11) is 2.23. The summed E-state index contributed by atoms with van der Waals surface area (Å²) in [6, 6.07) is 0.681. The van der Waals surface area contributed by atoms with Gasteiger partial charge >= 0.3 is 0 Å². The van der Waals surface area contributed by atoms with Gasteiger partial charge in [-0.3, -0.25) is 4.90 Å². The summed E-state index contributed by atoms with van der Waals surface area (Å²) >= 11 is 0. The summed E-state index contributed by atoms with van der Waals surface area (Å²) in [5, 5.41) is 0. The van der Waals surface area contributed by atoms with E-state index < -0.39 is 0 Å². The van der Waals surface area contributed by atoms with Crippen molar-refractivity contribution in [3.63, 3.8) is 0 Å². The van der Waals surface area contributed by atoms with E-state index in [-0.39, 0.29) is 0 Å². The van der Waals surface area contributed by atoms with Crippen LogP contribution in [-0.4, -0.2) is 23.5 Å². The van der Waals surface area contributed by atoms with Crippen molar-refractivity contribution >= 4 is 0 Å². The van der Waals surface area contributed by atoms with Gasteiger partial charge in [0, 0.05) is 11.6 Å². The molecule has 0 fully saturated rings. The summed E-state index contributed by atoms with van der Waals surface area (Å²) in [5.41, 5.74) is 0.293. The summed E-state index contributed by atoms with van der Waals surface area (Å²) in [6.45, 7) is 13.8. The van der Waals surface area contributed by atoms with Crippen molar-refractivity contribution in [3.8, 4) is 0 Å². The highest BCUT2D eigenvalue weighted by molar-refractivity contribution is 4.80. The van der Waals surface area contributed by atoms with Crippen LogP contribution < -0.4 is 0 Å². The average molecular weight is 185 g/mol. The predicted octanol–water partition coefficient (Wildman–Crippen LogP) is 3.54. The Labute approximate surface area is 84.5 Å². The van der Waals surface area contributed by atoms with Gasteiger partial charge in [-0.25, -0.2) is 0 Å². The van der Waals surface area contributed by atoms with Gasteiger partial charge in [0.25, 0.3) is 0 Å².